The molecule has 3 nitrogen and oxygen atoms in total. The van der Waals surface area contributed by atoms with Gasteiger partial charge in [-0.25, -0.2) is 0 Å². The van der Waals surface area contributed by atoms with Gasteiger partial charge < -0.3 is 10.2 Å². The molecule has 1 rings (SSSR count). The lowest BCUT2D eigenvalue weighted by atomic mass is 10.0. The molecule has 1 unspecified atom stereocenters. The summed E-state index contributed by atoms with van der Waals surface area (Å²) < 4.78 is 0. The molecule has 0 saturated carbocycles. The Balaban J connectivity index is 2.65. The zero-order valence-electron chi connectivity index (χ0n) is 7.77. The molecule has 13 heavy (non-hydrogen) atoms. The van der Waals surface area contributed by atoms with E-state index < -0.39 is 6.10 Å². The van der Waals surface area contributed by atoms with Crippen LogP contribution >= 0.6 is 0 Å². The first-order valence-corrected chi connectivity index (χ1v) is 4.45. The van der Waals surface area contributed by atoms with Crippen molar-refractivity contribution in [1.29, 1.82) is 0 Å². The predicted molar refractivity (Wildman–Crippen MR) is 50.3 cm³/mol. The fraction of sp³-hybridized carbons (Fsp3) is 0.500. The third kappa shape index (κ3) is 2.79. The summed E-state index contributed by atoms with van der Waals surface area (Å²) in [7, 11) is 0. The summed E-state index contributed by atoms with van der Waals surface area (Å²) in [5, 5.41) is 18.3. The van der Waals surface area contributed by atoms with Crippen molar-refractivity contribution in [1.82, 2.24) is 4.98 Å². The van der Waals surface area contributed by atoms with Gasteiger partial charge in [0, 0.05) is 24.6 Å². The summed E-state index contributed by atoms with van der Waals surface area (Å²) in [6.45, 7) is 2.07. The van der Waals surface area contributed by atoms with Crippen LogP contribution in [0, 0.1) is 6.92 Å². The van der Waals surface area contributed by atoms with E-state index in [0.29, 0.717) is 12.8 Å². The van der Waals surface area contributed by atoms with E-state index in [1.165, 1.54) is 0 Å². The Labute approximate surface area is 78.1 Å². The molecule has 2 N–H and O–H groups in total. The van der Waals surface area contributed by atoms with Crippen molar-refractivity contribution in [3.05, 3.63) is 29.6 Å². The number of hydrogen-bond acceptors (Lipinski definition) is 3. The maximum Gasteiger partial charge on any atom is 0.0808 e. The maximum absolute atomic E-state index is 9.68. The summed E-state index contributed by atoms with van der Waals surface area (Å²) in [5.41, 5.74) is 1.90. The maximum atomic E-state index is 9.68. The largest absolute Gasteiger partial charge is 0.396 e. The zero-order chi connectivity index (χ0) is 9.68. The number of aromatic nitrogens is 1. The summed E-state index contributed by atoms with van der Waals surface area (Å²) in [5.74, 6) is 0. The van der Waals surface area contributed by atoms with Crippen LogP contribution in [0.3, 0.4) is 0 Å². The van der Waals surface area contributed by atoms with Crippen molar-refractivity contribution >= 4 is 0 Å². The van der Waals surface area contributed by atoms with E-state index in [9.17, 15) is 5.11 Å². The summed E-state index contributed by atoms with van der Waals surface area (Å²) in [6, 6.07) is 1.87. The molecule has 0 aromatic carbocycles. The number of aryl methyl sites for hydroxylation is 1. The number of pyridine rings is 1. The number of aliphatic hydroxyl groups excluding tert-OH is 2. The molecule has 0 bridgehead atoms. The second-order valence-corrected chi connectivity index (χ2v) is 3.11. The van der Waals surface area contributed by atoms with Crippen LogP contribution in [0.4, 0.5) is 0 Å². The van der Waals surface area contributed by atoms with E-state index in [-0.39, 0.29) is 6.61 Å². The van der Waals surface area contributed by atoms with Crippen LogP contribution < -0.4 is 0 Å². The van der Waals surface area contributed by atoms with Crippen LogP contribution in [0.1, 0.15) is 30.1 Å². The second kappa shape index (κ2) is 4.94. The molecule has 72 valence electrons. The minimum absolute atomic E-state index is 0.121. The molecule has 1 aromatic heterocycles. The highest BCUT2D eigenvalue weighted by Gasteiger charge is 2.09. The topological polar surface area (TPSA) is 53.4 Å². The average molecular weight is 181 g/mol. The van der Waals surface area contributed by atoms with Crippen LogP contribution in [0.25, 0.3) is 0 Å². The van der Waals surface area contributed by atoms with Gasteiger partial charge in [-0.2, -0.15) is 0 Å². The predicted octanol–water partition coefficient (Wildman–Crippen LogP) is 1.20. The summed E-state index contributed by atoms with van der Waals surface area (Å²) in [4.78, 5) is 3.95. The van der Waals surface area contributed by atoms with Gasteiger partial charge in [-0.15, -0.1) is 0 Å². The van der Waals surface area contributed by atoms with Crippen LogP contribution in [-0.2, 0) is 0 Å². The van der Waals surface area contributed by atoms with Gasteiger partial charge in [-0.05, 0) is 31.4 Å². The van der Waals surface area contributed by atoms with Crippen LogP contribution in [-0.4, -0.2) is 21.8 Å². The van der Waals surface area contributed by atoms with Crippen LogP contribution in [0.15, 0.2) is 18.5 Å². The van der Waals surface area contributed by atoms with E-state index in [2.05, 4.69) is 4.98 Å². The normalized spacial score (nSPS) is 12.8. The molecule has 0 amide bonds. The first kappa shape index (κ1) is 10.2. The van der Waals surface area contributed by atoms with Gasteiger partial charge in [0.15, 0.2) is 0 Å². The minimum Gasteiger partial charge on any atom is -0.396 e. The molecule has 0 aliphatic rings. The quantitative estimate of drug-likeness (QED) is 0.733. The fourth-order valence-electron chi connectivity index (χ4n) is 1.27. The Morgan fingerprint density at radius 2 is 2.31 bits per heavy atom. The molecular formula is C10H15NO2. The number of rotatable bonds is 4. The minimum atomic E-state index is -0.499. The highest BCUT2D eigenvalue weighted by atomic mass is 16.3. The van der Waals surface area contributed by atoms with Gasteiger partial charge in [0.05, 0.1) is 6.10 Å². The van der Waals surface area contributed by atoms with Crippen LogP contribution in [0.5, 0.6) is 0 Å². The molecular weight excluding hydrogens is 166 g/mol. The third-order valence-corrected chi connectivity index (χ3v) is 2.07. The molecule has 0 aliphatic heterocycles. The Bertz CT molecular complexity index is 263. The molecule has 0 saturated heterocycles. The molecule has 1 atom stereocenters. The SMILES string of the molecule is Cc1ccncc1C(O)CCCO. The van der Waals surface area contributed by atoms with Gasteiger partial charge in [-0.1, -0.05) is 0 Å². The second-order valence-electron chi connectivity index (χ2n) is 3.11. The highest BCUT2D eigenvalue weighted by Crippen LogP contribution is 2.20. The number of hydrogen-bond donors (Lipinski definition) is 2. The zero-order valence-corrected chi connectivity index (χ0v) is 7.77. The first-order valence-electron chi connectivity index (χ1n) is 4.45. The van der Waals surface area contributed by atoms with Crippen molar-refractivity contribution in [3.8, 4) is 0 Å². The smallest absolute Gasteiger partial charge is 0.0808 e. The van der Waals surface area contributed by atoms with E-state index in [0.717, 1.165) is 11.1 Å². The van der Waals surface area contributed by atoms with Gasteiger partial charge in [0.1, 0.15) is 0 Å². The average Bonchev–Trinajstić information content (AvgIpc) is 2.15. The third-order valence-electron chi connectivity index (χ3n) is 2.07. The monoisotopic (exact) mass is 181 g/mol. The van der Waals surface area contributed by atoms with E-state index in [4.69, 9.17) is 5.11 Å². The fourth-order valence-corrected chi connectivity index (χ4v) is 1.27. The molecule has 0 aliphatic carbocycles. The molecule has 0 fully saturated rings. The lowest BCUT2D eigenvalue weighted by Gasteiger charge is -2.11. The highest BCUT2D eigenvalue weighted by molar-refractivity contribution is 5.23. The van der Waals surface area contributed by atoms with Gasteiger partial charge in [0.25, 0.3) is 0 Å². The lowest BCUT2D eigenvalue weighted by Crippen LogP contribution is -2.01. The standard InChI is InChI=1S/C10H15NO2/c1-8-4-5-11-7-9(8)10(13)3-2-6-12/h4-5,7,10,12-13H,2-3,6H2,1H3. The van der Waals surface area contributed by atoms with Crippen molar-refractivity contribution < 1.29 is 10.2 Å². The summed E-state index contributed by atoms with van der Waals surface area (Å²) in [6.07, 6.45) is 4.09. The van der Waals surface area contributed by atoms with Crippen molar-refractivity contribution in [3.63, 3.8) is 0 Å². The summed E-state index contributed by atoms with van der Waals surface area (Å²) >= 11 is 0. The van der Waals surface area contributed by atoms with E-state index >= 15 is 0 Å². The molecule has 1 aromatic rings. The Morgan fingerprint density at radius 3 is 2.92 bits per heavy atom. The molecule has 0 radical (unpaired) electrons. The van der Waals surface area contributed by atoms with Gasteiger partial charge in [0.2, 0.25) is 0 Å². The molecule has 3 heteroatoms. The number of nitrogens with zero attached hydrogens (tertiary/aromatic N) is 1. The first-order chi connectivity index (χ1) is 6.25. The lowest BCUT2D eigenvalue weighted by molar-refractivity contribution is 0.151. The van der Waals surface area contributed by atoms with Crippen LogP contribution in [0.2, 0.25) is 0 Å². The molecule has 0 spiro atoms. The Hall–Kier alpha value is -0.930. The van der Waals surface area contributed by atoms with Crippen molar-refractivity contribution in [2.45, 2.75) is 25.9 Å². The van der Waals surface area contributed by atoms with E-state index in [1.54, 1.807) is 12.4 Å². The van der Waals surface area contributed by atoms with Crippen molar-refractivity contribution in [2.24, 2.45) is 0 Å². The Kier molecular flexibility index (Phi) is 3.86. The van der Waals surface area contributed by atoms with Gasteiger partial charge in [-0.3, -0.25) is 4.98 Å². The number of aliphatic hydroxyl groups is 2. The van der Waals surface area contributed by atoms with Crippen molar-refractivity contribution in [2.75, 3.05) is 6.61 Å². The van der Waals surface area contributed by atoms with E-state index in [1.807, 2.05) is 13.0 Å². The molecule has 1 heterocycles. The van der Waals surface area contributed by atoms with Gasteiger partial charge >= 0.3 is 0 Å². The Morgan fingerprint density at radius 1 is 1.54 bits per heavy atom.